The highest BCUT2D eigenvalue weighted by atomic mass is 16.5. The predicted octanol–water partition coefficient (Wildman–Crippen LogP) is 3.76. The molecule has 3 rings (SSSR count). The van der Waals surface area contributed by atoms with E-state index >= 15 is 0 Å². The first kappa shape index (κ1) is 15.7. The molecule has 0 spiro atoms. The highest BCUT2D eigenvalue weighted by Crippen LogP contribution is 2.19. The third kappa shape index (κ3) is 3.95. The van der Waals surface area contributed by atoms with Gasteiger partial charge >= 0.3 is 6.01 Å². The fraction of sp³-hybridized carbons (Fsp3) is 0.105. The van der Waals surface area contributed by atoms with Crippen molar-refractivity contribution in [2.75, 3.05) is 0 Å². The summed E-state index contributed by atoms with van der Waals surface area (Å²) in [4.78, 5) is 20.4. The van der Waals surface area contributed by atoms with E-state index in [-0.39, 0.29) is 18.0 Å². The largest absolute Gasteiger partial charge is 0.424 e. The van der Waals surface area contributed by atoms with Crippen LogP contribution in [0.1, 0.15) is 28.9 Å². The molecule has 0 radical (unpaired) electrons. The van der Waals surface area contributed by atoms with Crippen LogP contribution in [0.2, 0.25) is 0 Å². The van der Waals surface area contributed by atoms with Gasteiger partial charge in [0.05, 0.1) is 6.04 Å². The number of nitrogens with one attached hydrogen (secondary N) is 1. The third-order valence-electron chi connectivity index (χ3n) is 3.49. The van der Waals surface area contributed by atoms with Gasteiger partial charge in [-0.05, 0) is 36.8 Å². The summed E-state index contributed by atoms with van der Waals surface area (Å²) in [5.41, 5.74) is 1.57. The average molecular weight is 319 g/mol. The standard InChI is InChI=1S/C19H17N3O2/c1-14(15-7-3-2-4-8-15)22-18(23)16-9-5-10-17(13-16)24-19-20-11-6-12-21-19/h2-14H,1H3,(H,22,23). The van der Waals surface area contributed by atoms with Gasteiger partial charge in [0, 0.05) is 18.0 Å². The average Bonchev–Trinajstić information content (AvgIpc) is 2.63. The molecule has 1 N–H and O–H groups in total. The molecule has 1 atom stereocenters. The van der Waals surface area contributed by atoms with Crippen LogP contribution in [0, 0.1) is 0 Å². The Balaban J connectivity index is 1.70. The van der Waals surface area contributed by atoms with Crippen LogP contribution in [-0.2, 0) is 0 Å². The Morgan fingerprint density at radius 3 is 2.50 bits per heavy atom. The molecule has 0 aliphatic rings. The lowest BCUT2D eigenvalue weighted by Gasteiger charge is -2.14. The van der Waals surface area contributed by atoms with Gasteiger partial charge in [-0.2, -0.15) is 0 Å². The summed E-state index contributed by atoms with van der Waals surface area (Å²) in [6.07, 6.45) is 3.20. The molecule has 0 bridgehead atoms. The van der Waals surface area contributed by atoms with E-state index in [0.29, 0.717) is 11.3 Å². The van der Waals surface area contributed by atoms with Crippen molar-refractivity contribution in [3.05, 3.63) is 84.2 Å². The fourth-order valence-electron chi connectivity index (χ4n) is 2.25. The molecule has 0 saturated heterocycles. The highest BCUT2D eigenvalue weighted by molar-refractivity contribution is 5.94. The van der Waals surface area contributed by atoms with Gasteiger partial charge < -0.3 is 10.1 Å². The smallest absolute Gasteiger partial charge is 0.321 e. The molecule has 1 unspecified atom stereocenters. The second-order valence-corrected chi connectivity index (χ2v) is 5.27. The minimum absolute atomic E-state index is 0.0827. The van der Waals surface area contributed by atoms with Gasteiger partial charge in [-0.1, -0.05) is 36.4 Å². The van der Waals surface area contributed by atoms with Gasteiger partial charge in [0.15, 0.2) is 0 Å². The summed E-state index contributed by atoms with van der Waals surface area (Å²) < 4.78 is 5.56. The maximum Gasteiger partial charge on any atom is 0.321 e. The first-order valence-corrected chi connectivity index (χ1v) is 7.63. The van der Waals surface area contributed by atoms with Gasteiger partial charge in [0.2, 0.25) is 0 Å². The van der Waals surface area contributed by atoms with Crippen LogP contribution in [0.15, 0.2) is 73.1 Å². The van der Waals surface area contributed by atoms with Crippen molar-refractivity contribution in [2.24, 2.45) is 0 Å². The molecule has 120 valence electrons. The molecule has 0 saturated carbocycles. The van der Waals surface area contributed by atoms with Gasteiger partial charge in [0.25, 0.3) is 5.91 Å². The lowest BCUT2D eigenvalue weighted by Crippen LogP contribution is -2.26. The number of rotatable bonds is 5. The number of hydrogen-bond donors (Lipinski definition) is 1. The van der Waals surface area contributed by atoms with Crippen molar-refractivity contribution in [3.8, 4) is 11.8 Å². The molecule has 5 heteroatoms. The maximum atomic E-state index is 12.4. The number of aromatic nitrogens is 2. The molecular weight excluding hydrogens is 302 g/mol. The Morgan fingerprint density at radius 2 is 1.75 bits per heavy atom. The monoisotopic (exact) mass is 319 g/mol. The van der Waals surface area contributed by atoms with E-state index in [1.54, 1.807) is 42.7 Å². The Hall–Kier alpha value is -3.21. The molecular formula is C19H17N3O2. The van der Waals surface area contributed by atoms with Gasteiger partial charge in [0.1, 0.15) is 5.75 Å². The van der Waals surface area contributed by atoms with Crippen LogP contribution in [0.4, 0.5) is 0 Å². The molecule has 1 heterocycles. The Bertz CT molecular complexity index is 807. The van der Waals surface area contributed by atoms with Crippen LogP contribution in [0.5, 0.6) is 11.8 Å². The fourth-order valence-corrected chi connectivity index (χ4v) is 2.25. The minimum atomic E-state index is -0.161. The Kier molecular flexibility index (Phi) is 4.81. The zero-order valence-corrected chi connectivity index (χ0v) is 13.2. The SMILES string of the molecule is CC(NC(=O)c1cccc(Oc2ncccn2)c1)c1ccccc1. The van der Waals surface area contributed by atoms with Crippen LogP contribution in [-0.4, -0.2) is 15.9 Å². The molecule has 1 aromatic heterocycles. The van der Waals surface area contributed by atoms with E-state index in [9.17, 15) is 4.79 Å². The highest BCUT2D eigenvalue weighted by Gasteiger charge is 2.12. The van der Waals surface area contributed by atoms with Crippen molar-refractivity contribution in [1.82, 2.24) is 15.3 Å². The van der Waals surface area contributed by atoms with Gasteiger partial charge in [-0.3, -0.25) is 4.79 Å². The molecule has 1 amide bonds. The van der Waals surface area contributed by atoms with Gasteiger partial charge in [-0.15, -0.1) is 0 Å². The lowest BCUT2D eigenvalue weighted by atomic mass is 10.1. The lowest BCUT2D eigenvalue weighted by molar-refractivity contribution is 0.0939. The van der Waals surface area contributed by atoms with E-state index in [4.69, 9.17) is 4.74 Å². The second-order valence-electron chi connectivity index (χ2n) is 5.27. The van der Waals surface area contributed by atoms with Crippen molar-refractivity contribution >= 4 is 5.91 Å². The number of carbonyl (C=O) groups is 1. The second kappa shape index (κ2) is 7.37. The summed E-state index contributed by atoms with van der Waals surface area (Å²) in [7, 11) is 0. The Labute approximate surface area is 140 Å². The molecule has 0 aliphatic heterocycles. The molecule has 2 aromatic carbocycles. The van der Waals surface area contributed by atoms with Crippen molar-refractivity contribution in [2.45, 2.75) is 13.0 Å². The van der Waals surface area contributed by atoms with E-state index < -0.39 is 0 Å². The summed E-state index contributed by atoms with van der Waals surface area (Å²) in [6, 6.07) is 18.6. The first-order chi connectivity index (χ1) is 11.7. The van der Waals surface area contributed by atoms with Crippen molar-refractivity contribution in [3.63, 3.8) is 0 Å². The molecule has 0 aliphatic carbocycles. The number of nitrogens with zero attached hydrogens (tertiary/aromatic N) is 2. The topological polar surface area (TPSA) is 64.1 Å². The molecule has 24 heavy (non-hydrogen) atoms. The van der Waals surface area contributed by atoms with Crippen molar-refractivity contribution < 1.29 is 9.53 Å². The van der Waals surface area contributed by atoms with E-state index in [1.165, 1.54) is 0 Å². The predicted molar refractivity (Wildman–Crippen MR) is 90.9 cm³/mol. The summed E-state index contributed by atoms with van der Waals surface area (Å²) in [5.74, 6) is 0.354. The number of carbonyl (C=O) groups excluding carboxylic acids is 1. The third-order valence-corrected chi connectivity index (χ3v) is 3.49. The number of benzene rings is 2. The summed E-state index contributed by atoms with van der Waals surface area (Å²) in [5, 5.41) is 2.98. The summed E-state index contributed by atoms with van der Waals surface area (Å²) >= 11 is 0. The molecule has 3 aromatic rings. The first-order valence-electron chi connectivity index (χ1n) is 7.63. The van der Waals surface area contributed by atoms with E-state index in [2.05, 4.69) is 15.3 Å². The number of hydrogen-bond acceptors (Lipinski definition) is 4. The normalized spacial score (nSPS) is 11.5. The summed E-state index contributed by atoms with van der Waals surface area (Å²) in [6.45, 7) is 1.95. The zero-order valence-electron chi connectivity index (χ0n) is 13.2. The molecule has 0 fully saturated rings. The number of amides is 1. The molecule has 5 nitrogen and oxygen atoms in total. The zero-order chi connectivity index (χ0) is 16.8. The van der Waals surface area contributed by atoms with Gasteiger partial charge in [-0.25, -0.2) is 9.97 Å². The van der Waals surface area contributed by atoms with E-state index in [1.807, 2.05) is 37.3 Å². The minimum Gasteiger partial charge on any atom is -0.424 e. The Morgan fingerprint density at radius 1 is 1.00 bits per heavy atom. The van der Waals surface area contributed by atoms with E-state index in [0.717, 1.165) is 5.56 Å². The van der Waals surface area contributed by atoms with Crippen LogP contribution >= 0.6 is 0 Å². The van der Waals surface area contributed by atoms with Crippen LogP contribution < -0.4 is 10.1 Å². The van der Waals surface area contributed by atoms with Crippen LogP contribution in [0.25, 0.3) is 0 Å². The van der Waals surface area contributed by atoms with Crippen molar-refractivity contribution in [1.29, 1.82) is 0 Å². The number of ether oxygens (including phenoxy) is 1. The maximum absolute atomic E-state index is 12.4. The van der Waals surface area contributed by atoms with Crippen LogP contribution in [0.3, 0.4) is 0 Å². The quantitative estimate of drug-likeness (QED) is 0.777.